The van der Waals surface area contributed by atoms with E-state index >= 15 is 0 Å². The van der Waals surface area contributed by atoms with Gasteiger partial charge in [-0.25, -0.2) is 0 Å². The van der Waals surface area contributed by atoms with Crippen molar-refractivity contribution in [1.29, 1.82) is 0 Å². The van der Waals surface area contributed by atoms with E-state index in [1.807, 2.05) is 61.2 Å². The molecule has 0 aliphatic heterocycles. The molecule has 0 saturated heterocycles. The molecule has 0 saturated carbocycles. The topological polar surface area (TPSA) is 60.0 Å². The molecule has 6 heteroatoms. The summed E-state index contributed by atoms with van der Waals surface area (Å²) in [5.41, 5.74) is 1.93. The second-order valence-electron chi connectivity index (χ2n) is 6.69. The number of ether oxygens (including phenoxy) is 3. The van der Waals surface area contributed by atoms with E-state index in [0.717, 1.165) is 11.3 Å². The number of carbonyl (C=O) groups excluding carboxylic acids is 1. The molecule has 152 valence electrons. The molecule has 28 heavy (non-hydrogen) atoms. The molecule has 2 aromatic rings. The highest BCUT2D eigenvalue weighted by molar-refractivity contribution is 5.77. The molecule has 0 atom stereocenters. The Kier molecular flexibility index (Phi) is 7.99. The van der Waals surface area contributed by atoms with Gasteiger partial charge < -0.3 is 24.4 Å². The number of hydrogen-bond acceptors (Lipinski definition) is 5. The van der Waals surface area contributed by atoms with Crippen LogP contribution in [0.3, 0.4) is 0 Å². The zero-order chi connectivity index (χ0) is 20.5. The average Bonchev–Trinajstić information content (AvgIpc) is 2.71. The van der Waals surface area contributed by atoms with E-state index in [9.17, 15) is 4.79 Å². The summed E-state index contributed by atoms with van der Waals surface area (Å²) in [6.07, 6.45) is 0.391. The maximum Gasteiger partial charge on any atom is 0.224 e. The zero-order valence-electron chi connectivity index (χ0n) is 17.3. The molecular weight excluding hydrogens is 356 g/mol. The summed E-state index contributed by atoms with van der Waals surface area (Å²) < 4.78 is 16.1. The number of rotatable bonds is 10. The normalized spacial score (nSPS) is 10.5. The van der Waals surface area contributed by atoms with E-state index in [0.29, 0.717) is 36.8 Å². The van der Waals surface area contributed by atoms with E-state index in [4.69, 9.17) is 14.2 Å². The minimum absolute atomic E-state index is 0.110. The van der Waals surface area contributed by atoms with Gasteiger partial charge in [0, 0.05) is 43.4 Å². The standard InChI is InChI=1S/C22H30N2O4/c1-16(2)24(15-17-9-7-6-8-10-17)21(25)11-12-23-18-13-19(26-3)22(28-5)20(14-18)27-4/h6-10,13-14,16,23H,11-12,15H2,1-5H3. The minimum atomic E-state index is 0.110. The quantitative estimate of drug-likeness (QED) is 0.670. The zero-order valence-corrected chi connectivity index (χ0v) is 17.3. The summed E-state index contributed by atoms with van der Waals surface area (Å²) in [4.78, 5) is 14.6. The van der Waals surface area contributed by atoms with Crippen molar-refractivity contribution in [3.05, 3.63) is 48.0 Å². The summed E-state index contributed by atoms with van der Waals surface area (Å²) in [6, 6.07) is 13.8. The predicted molar refractivity (Wildman–Crippen MR) is 111 cm³/mol. The van der Waals surface area contributed by atoms with Gasteiger partial charge >= 0.3 is 0 Å². The highest BCUT2D eigenvalue weighted by Gasteiger charge is 2.17. The van der Waals surface area contributed by atoms with E-state index in [2.05, 4.69) is 5.32 Å². The second-order valence-corrected chi connectivity index (χ2v) is 6.69. The van der Waals surface area contributed by atoms with Crippen molar-refractivity contribution in [3.8, 4) is 17.2 Å². The third-order valence-corrected chi connectivity index (χ3v) is 4.47. The lowest BCUT2D eigenvalue weighted by Crippen LogP contribution is -2.37. The largest absolute Gasteiger partial charge is 0.493 e. The Bertz CT molecular complexity index is 737. The van der Waals surface area contributed by atoms with Crippen molar-refractivity contribution in [1.82, 2.24) is 4.90 Å². The van der Waals surface area contributed by atoms with Crippen LogP contribution in [0.5, 0.6) is 17.2 Å². The summed E-state index contributed by atoms with van der Waals surface area (Å²) >= 11 is 0. The lowest BCUT2D eigenvalue weighted by molar-refractivity contribution is -0.133. The number of hydrogen-bond donors (Lipinski definition) is 1. The Morgan fingerprint density at radius 1 is 1.00 bits per heavy atom. The van der Waals surface area contributed by atoms with Gasteiger partial charge in [0.15, 0.2) is 11.5 Å². The van der Waals surface area contributed by atoms with Crippen molar-refractivity contribution < 1.29 is 19.0 Å². The Hall–Kier alpha value is -2.89. The molecular formula is C22H30N2O4. The minimum Gasteiger partial charge on any atom is -0.493 e. The van der Waals surface area contributed by atoms with Crippen LogP contribution >= 0.6 is 0 Å². The van der Waals surface area contributed by atoms with Crippen LogP contribution in [0.2, 0.25) is 0 Å². The first-order valence-corrected chi connectivity index (χ1v) is 9.37. The van der Waals surface area contributed by atoms with Crippen LogP contribution < -0.4 is 19.5 Å². The first kappa shape index (κ1) is 21.4. The number of benzene rings is 2. The fourth-order valence-corrected chi connectivity index (χ4v) is 2.98. The molecule has 2 rings (SSSR count). The van der Waals surface area contributed by atoms with Gasteiger partial charge in [0.2, 0.25) is 11.7 Å². The maximum absolute atomic E-state index is 12.7. The molecule has 0 bridgehead atoms. The molecule has 2 aromatic carbocycles. The van der Waals surface area contributed by atoms with E-state index in [1.165, 1.54) is 0 Å². The van der Waals surface area contributed by atoms with Gasteiger partial charge in [-0.3, -0.25) is 4.79 Å². The summed E-state index contributed by atoms with van der Waals surface area (Å²) in [6.45, 7) is 5.19. The maximum atomic E-state index is 12.7. The predicted octanol–water partition coefficient (Wildman–Crippen LogP) is 3.95. The Morgan fingerprint density at radius 2 is 1.61 bits per heavy atom. The molecule has 1 N–H and O–H groups in total. The van der Waals surface area contributed by atoms with Gasteiger partial charge in [-0.15, -0.1) is 0 Å². The highest BCUT2D eigenvalue weighted by Crippen LogP contribution is 2.39. The first-order valence-electron chi connectivity index (χ1n) is 9.37. The van der Waals surface area contributed by atoms with Gasteiger partial charge in [0.1, 0.15) is 0 Å². The lowest BCUT2D eigenvalue weighted by Gasteiger charge is -2.27. The number of nitrogens with zero attached hydrogens (tertiary/aromatic N) is 1. The Balaban J connectivity index is 2.00. The molecule has 0 aromatic heterocycles. The summed E-state index contributed by atoms with van der Waals surface area (Å²) in [7, 11) is 4.72. The molecule has 0 fully saturated rings. The van der Waals surface area contributed by atoms with E-state index in [1.54, 1.807) is 21.3 Å². The van der Waals surface area contributed by atoms with Crippen molar-refractivity contribution >= 4 is 11.6 Å². The molecule has 0 spiro atoms. The Morgan fingerprint density at radius 3 is 2.11 bits per heavy atom. The van der Waals surface area contributed by atoms with Crippen molar-refractivity contribution in [2.45, 2.75) is 32.9 Å². The van der Waals surface area contributed by atoms with Gasteiger partial charge in [-0.1, -0.05) is 30.3 Å². The second kappa shape index (κ2) is 10.4. The fourth-order valence-electron chi connectivity index (χ4n) is 2.98. The van der Waals surface area contributed by atoms with Crippen LogP contribution in [0.1, 0.15) is 25.8 Å². The first-order chi connectivity index (χ1) is 13.5. The fraction of sp³-hybridized carbons (Fsp3) is 0.409. The molecule has 0 unspecified atom stereocenters. The molecule has 0 radical (unpaired) electrons. The van der Waals surface area contributed by atoms with Crippen LogP contribution in [0.4, 0.5) is 5.69 Å². The molecule has 6 nitrogen and oxygen atoms in total. The molecule has 0 aliphatic carbocycles. The Labute approximate surface area is 167 Å². The SMILES string of the molecule is COc1cc(NCCC(=O)N(Cc2ccccc2)C(C)C)cc(OC)c1OC. The van der Waals surface area contributed by atoms with Crippen LogP contribution in [0.15, 0.2) is 42.5 Å². The van der Waals surface area contributed by atoms with Gasteiger partial charge in [-0.05, 0) is 19.4 Å². The van der Waals surface area contributed by atoms with E-state index in [-0.39, 0.29) is 11.9 Å². The monoisotopic (exact) mass is 386 g/mol. The molecule has 1 amide bonds. The van der Waals surface area contributed by atoms with Crippen molar-refractivity contribution in [2.24, 2.45) is 0 Å². The van der Waals surface area contributed by atoms with Crippen LogP contribution in [0, 0.1) is 0 Å². The van der Waals surface area contributed by atoms with Gasteiger partial charge in [-0.2, -0.15) is 0 Å². The average molecular weight is 386 g/mol. The number of methoxy groups -OCH3 is 3. The number of carbonyl (C=O) groups is 1. The summed E-state index contributed by atoms with van der Waals surface area (Å²) in [5.74, 6) is 1.80. The molecule has 0 aliphatic rings. The smallest absolute Gasteiger partial charge is 0.224 e. The van der Waals surface area contributed by atoms with Crippen molar-refractivity contribution in [3.63, 3.8) is 0 Å². The lowest BCUT2D eigenvalue weighted by atomic mass is 10.1. The van der Waals surface area contributed by atoms with Crippen LogP contribution in [-0.4, -0.2) is 44.7 Å². The summed E-state index contributed by atoms with van der Waals surface area (Å²) in [5, 5.41) is 3.27. The number of amides is 1. The highest BCUT2D eigenvalue weighted by atomic mass is 16.5. The van der Waals surface area contributed by atoms with E-state index < -0.39 is 0 Å². The number of anilines is 1. The molecule has 0 heterocycles. The third kappa shape index (κ3) is 5.55. The van der Waals surface area contributed by atoms with Crippen LogP contribution in [-0.2, 0) is 11.3 Å². The number of nitrogens with one attached hydrogen (secondary N) is 1. The third-order valence-electron chi connectivity index (χ3n) is 4.47. The van der Waals surface area contributed by atoms with Crippen molar-refractivity contribution in [2.75, 3.05) is 33.2 Å². The van der Waals surface area contributed by atoms with Gasteiger partial charge in [0.25, 0.3) is 0 Å². The van der Waals surface area contributed by atoms with Crippen LogP contribution in [0.25, 0.3) is 0 Å². The van der Waals surface area contributed by atoms with Gasteiger partial charge in [0.05, 0.1) is 21.3 Å².